The molecule has 1 unspecified atom stereocenters. The maximum absolute atomic E-state index is 12.6. The van der Waals surface area contributed by atoms with Crippen LogP contribution in [0.4, 0.5) is 18.9 Å². The van der Waals surface area contributed by atoms with Crippen molar-refractivity contribution in [3.05, 3.63) is 29.3 Å². The zero-order chi connectivity index (χ0) is 12.6. The Labute approximate surface area is 97.2 Å². The van der Waals surface area contributed by atoms with Crippen molar-refractivity contribution in [2.24, 2.45) is 5.92 Å². The first-order valence-electron chi connectivity index (χ1n) is 5.55. The Morgan fingerprint density at radius 3 is 2.41 bits per heavy atom. The molecule has 1 fully saturated rings. The van der Waals surface area contributed by atoms with E-state index >= 15 is 0 Å². The molecule has 1 aliphatic rings. The van der Waals surface area contributed by atoms with E-state index < -0.39 is 17.8 Å². The van der Waals surface area contributed by atoms with Crippen LogP contribution < -0.4 is 5.73 Å². The molecule has 5 heteroatoms. The summed E-state index contributed by atoms with van der Waals surface area (Å²) in [5, 5.41) is 9.96. The summed E-state index contributed by atoms with van der Waals surface area (Å²) in [5.74, 6) is 0.0424. The summed E-state index contributed by atoms with van der Waals surface area (Å²) in [7, 11) is 0. The van der Waals surface area contributed by atoms with Crippen molar-refractivity contribution in [2.75, 3.05) is 5.73 Å². The van der Waals surface area contributed by atoms with Gasteiger partial charge >= 0.3 is 6.18 Å². The van der Waals surface area contributed by atoms with Gasteiger partial charge in [-0.05, 0) is 24.8 Å². The number of halogens is 3. The van der Waals surface area contributed by atoms with Gasteiger partial charge < -0.3 is 10.8 Å². The first kappa shape index (κ1) is 12.2. The molecule has 2 nitrogen and oxygen atoms in total. The Hall–Kier alpha value is -1.23. The summed E-state index contributed by atoms with van der Waals surface area (Å²) < 4.78 is 37.9. The van der Waals surface area contributed by atoms with Gasteiger partial charge in [-0.1, -0.05) is 18.6 Å². The Bertz CT molecular complexity index is 413. The van der Waals surface area contributed by atoms with Crippen LogP contribution in [0.2, 0.25) is 0 Å². The second-order valence-electron chi connectivity index (χ2n) is 4.44. The van der Waals surface area contributed by atoms with Crippen molar-refractivity contribution in [2.45, 2.75) is 31.5 Å². The predicted molar refractivity (Wildman–Crippen MR) is 58.2 cm³/mol. The Morgan fingerprint density at radius 2 is 1.94 bits per heavy atom. The van der Waals surface area contributed by atoms with Crippen molar-refractivity contribution in [3.63, 3.8) is 0 Å². The van der Waals surface area contributed by atoms with Crippen LogP contribution in [0, 0.1) is 5.92 Å². The SMILES string of the molecule is Nc1c(C(O)C2CCC2)cccc1C(F)(F)F. The molecule has 1 atom stereocenters. The Balaban J connectivity index is 2.35. The third-order valence-electron chi connectivity index (χ3n) is 3.36. The molecule has 0 bridgehead atoms. The van der Waals surface area contributed by atoms with Gasteiger partial charge in [0.05, 0.1) is 11.7 Å². The Kier molecular flexibility index (Phi) is 3.03. The number of para-hydroxylation sites is 1. The van der Waals surface area contributed by atoms with Gasteiger partial charge in [-0.25, -0.2) is 0 Å². The molecule has 94 valence electrons. The molecule has 1 aromatic carbocycles. The highest BCUT2D eigenvalue weighted by Crippen LogP contribution is 2.42. The van der Waals surface area contributed by atoms with Gasteiger partial charge in [-0.2, -0.15) is 13.2 Å². The number of hydrogen-bond acceptors (Lipinski definition) is 2. The molecular weight excluding hydrogens is 231 g/mol. The minimum absolute atomic E-state index is 0.0424. The third-order valence-corrected chi connectivity index (χ3v) is 3.36. The molecular formula is C12H14F3NO. The quantitative estimate of drug-likeness (QED) is 0.786. The van der Waals surface area contributed by atoms with Gasteiger partial charge in [-0.15, -0.1) is 0 Å². The van der Waals surface area contributed by atoms with E-state index in [2.05, 4.69) is 0 Å². The molecule has 1 saturated carbocycles. The number of hydrogen-bond donors (Lipinski definition) is 2. The number of rotatable bonds is 2. The van der Waals surface area contributed by atoms with Gasteiger partial charge in [-0.3, -0.25) is 0 Å². The molecule has 0 spiro atoms. The predicted octanol–water partition coefficient (Wildman–Crippen LogP) is 3.12. The fourth-order valence-electron chi connectivity index (χ4n) is 2.10. The highest BCUT2D eigenvalue weighted by molar-refractivity contribution is 5.56. The summed E-state index contributed by atoms with van der Waals surface area (Å²) in [4.78, 5) is 0. The first-order chi connectivity index (χ1) is 7.91. The second-order valence-corrected chi connectivity index (χ2v) is 4.44. The number of aliphatic hydroxyl groups excluding tert-OH is 1. The average Bonchev–Trinajstić information content (AvgIpc) is 2.13. The second kappa shape index (κ2) is 4.22. The van der Waals surface area contributed by atoms with E-state index in [1.54, 1.807) is 0 Å². The lowest BCUT2D eigenvalue weighted by Crippen LogP contribution is -2.22. The average molecular weight is 245 g/mol. The molecule has 1 aliphatic carbocycles. The van der Waals surface area contributed by atoms with E-state index in [0.29, 0.717) is 0 Å². The van der Waals surface area contributed by atoms with Crippen molar-refractivity contribution in [1.82, 2.24) is 0 Å². The number of alkyl halides is 3. The van der Waals surface area contributed by atoms with Gasteiger partial charge in [0, 0.05) is 11.3 Å². The lowest BCUT2D eigenvalue weighted by Gasteiger charge is -2.31. The summed E-state index contributed by atoms with van der Waals surface area (Å²) in [6.07, 6.45) is -2.65. The summed E-state index contributed by atoms with van der Waals surface area (Å²) >= 11 is 0. The zero-order valence-electron chi connectivity index (χ0n) is 9.17. The van der Waals surface area contributed by atoms with Crippen LogP contribution in [0.3, 0.4) is 0 Å². The van der Waals surface area contributed by atoms with Crippen molar-refractivity contribution >= 4 is 5.69 Å². The smallest absolute Gasteiger partial charge is 0.398 e. The van der Waals surface area contributed by atoms with Gasteiger partial charge in [0.15, 0.2) is 0 Å². The summed E-state index contributed by atoms with van der Waals surface area (Å²) in [6.45, 7) is 0. The molecule has 0 saturated heterocycles. The van der Waals surface area contributed by atoms with E-state index in [9.17, 15) is 18.3 Å². The molecule has 0 amide bonds. The monoisotopic (exact) mass is 245 g/mol. The largest absolute Gasteiger partial charge is 0.418 e. The van der Waals surface area contributed by atoms with Crippen LogP contribution >= 0.6 is 0 Å². The number of aliphatic hydroxyl groups is 1. The fraction of sp³-hybridized carbons (Fsp3) is 0.500. The van der Waals surface area contributed by atoms with Crippen LogP contribution in [0.5, 0.6) is 0 Å². The number of anilines is 1. The highest BCUT2D eigenvalue weighted by Gasteiger charge is 2.35. The van der Waals surface area contributed by atoms with Crippen LogP contribution in [0.15, 0.2) is 18.2 Å². The number of benzene rings is 1. The molecule has 0 radical (unpaired) electrons. The lowest BCUT2D eigenvalue weighted by molar-refractivity contribution is -0.137. The van der Waals surface area contributed by atoms with E-state index in [4.69, 9.17) is 5.73 Å². The lowest BCUT2D eigenvalue weighted by atomic mass is 9.78. The van der Waals surface area contributed by atoms with Gasteiger partial charge in [0.2, 0.25) is 0 Å². The van der Waals surface area contributed by atoms with Crippen molar-refractivity contribution in [1.29, 1.82) is 0 Å². The topological polar surface area (TPSA) is 46.2 Å². The van der Waals surface area contributed by atoms with E-state index in [1.165, 1.54) is 12.1 Å². The molecule has 0 aromatic heterocycles. The first-order valence-corrected chi connectivity index (χ1v) is 5.55. The number of nitrogens with two attached hydrogens (primary N) is 1. The molecule has 17 heavy (non-hydrogen) atoms. The maximum Gasteiger partial charge on any atom is 0.418 e. The molecule has 3 N–H and O–H groups in total. The molecule has 2 rings (SSSR count). The molecule has 1 aromatic rings. The van der Waals surface area contributed by atoms with Crippen LogP contribution in [-0.2, 0) is 6.18 Å². The van der Waals surface area contributed by atoms with Crippen molar-refractivity contribution in [3.8, 4) is 0 Å². The standard InChI is InChI=1S/C12H14F3NO/c13-12(14,15)9-6-2-5-8(10(9)16)11(17)7-3-1-4-7/h2,5-7,11,17H,1,3-4,16H2. The van der Waals surface area contributed by atoms with E-state index in [-0.39, 0.29) is 17.2 Å². The highest BCUT2D eigenvalue weighted by atomic mass is 19.4. The molecule has 0 heterocycles. The fourth-order valence-corrected chi connectivity index (χ4v) is 2.10. The van der Waals surface area contributed by atoms with Gasteiger partial charge in [0.1, 0.15) is 0 Å². The van der Waals surface area contributed by atoms with Crippen LogP contribution in [-0.4, -0.2) is 5.11 Å². The maximum atomic E-state index is 12.6. The minimum atomic E-state index is -4.47. The third kappa shape index (κ3) is 2.24. The van der Waals surface area contributed by atoms with E-state index in [1.807, 2.05) is 0 Å². The van der Waals surface area contributed by atoms with E-state index in [0.717, 1.165) is 25.3 Å². The Morgan fingerprint density at radius 1 is 1.29 bits per heavy atom. The van der Waals surface area contributed by atoms with Crippen LogP contribution in [0.25, 0.3) is 0 Å². The number of nitrogen functional groups attached to an aromatic ring is 1. The molecule has 0 aliphatic heterocycles. The summed E-state index contributed by atoms with van der Waals surface area (Å²) in [5.41, 5.74) is 4.49. The van der Waals surface area contributed by atoms with Gasteiger partial charge in [0.25, 0.3) is 0 Å². The van der Waals surface area contributed by atoms with Crippen LogP contribution in [0.1, 0.15) is 36.5 Å². The summed E-state index contributed by atoms with van der Waals surface area (Å²) in [6, 6.07) is 3.69. The minimum Gasteiger partial charge on any atom is -0.398 e. The van der Waals surface area contributed by atoms with Crippen molar-refractivity contribution < 1.29 is 18.3 Å². The normalized spacial score (nSPS) is 18.8. The zero-order valence-corrected chi connectivity index (χ0v) is 9.17.